The Kier molecular flexibility index (Phi) is 4.02. The monoisotopic (exact) mass is 297 g/mol. The molecule has 1 N–H and O–H groups in total. The number of benzene rings is 1. The lowest BCUT2D eigenvalue weighted by Crippen LogP contribution is -2.11. The molecule has 6 heteroatoms. The molecule has 0 radical (unpaired) electrons. The number of hydrogen-bond acceptors (Lipinski definition) is 4. The molecule has 3 aromatic rings. The fourth-order valence-electron chi connectivity index (χ4n) is 2.31. The van der Waals surface area contributed by atoms with Crippen LogP contribution >= 0.6 is 0 Å². The molecule has 0 unspecified atom stereocenters. The van der Waals surface area contributed by atoms with Crippen molar-refractivity contribution < 1.29 is 5.11 Å². The van der Waals surface area contributed by atoms with Crippen molar-refractivity contribution >= 4 is 0 Å². The van der Waals surface area contributed by atoms with Gasteiger partial charge >= 0.3 is 0 Å². The van der Waals surface area contributed by atoms with Gasteiger partial charge in [0.2, 0.25) is 0 Å². The first-order valence-electron chi connectivity index (χ1n) is 7.30. The second-order valence-corrected chi connectivity index (χ2v) is 5.51. The number of aliphatic hydroxyl groups excluding tert-OH is 1. The van der Waals surface area contributed by atoms with Crippen LogP contribution in [-0.2, 0) is 6.54 Å². The molecule has 3 rings (SSSR count). The zero-order valence-electron chi connectivity index (χ0n) is 12.7. The summed E-state index contributed by atoms with van der Waals surface area (Å²) >= 11 is 0. The third-order valence-electron chi connectivity index (χ3n) is 3.53. The highest BCUT2D eigenvalue weighted by Gasteiger charge is 2.17. The van der Waals surface area contributed by atoms with E-state index in [0.717, 1.165) is 11.3 Å². The maximum Gasteiger partial charge on any atom is 0.166 e. The van der Waals surface area contributed by atoms with E-state index in [2.05, 4.69) is 29.1 Å². The van der Waals surface area contributed by atoms with Gasteiger partial charge in [-0.05, 0) is 25.5 Å². The minimum absolute atomic E-state index is 0.323. The van der Waals surface area contributed by atoms with Gasteiger partial charge in [0, 0.05) is 12.2 Å². The quantitative estimate of drug-likeness (QED) is 0.783. The topological polar surface area (TPSA) is 68.8 Å². The molecule has 1 atom stereocenters. The van der Waals surface area contributed by atoms with Crippen molar-refractivity contribution in [1.29, 1.82) is 0 Å². The first-order valence-corrected chi connectivity index (χ1v) is 7.30. The van der Waals surface area contributed by atoms with Crippen LogP contribution in [-0.4, -0.2) is 29.7 Å². The van der Waals surface area contributed by atoms with Gasteiger partial charge in [-0.1, -0.05) is 30.3 Å². The molecule has 0 aliphatic carbocycles. The van der Waals surface area contributed by atoms with Gasteiger partial charge in [-0.15, -0.1) is 10.2 Å². The normalized spacial score (nSPS) is 12.7. The molecule has 114 valence electrons. The summed E-state index contributed by atoms with van der Waals surface area (Å²) in [5, 5.41) is 23.0. The Labute approximate surface area is 129 Å². The van der Waals surface area contributed by atoms with Crippen molar-refractivity contribution in [2.45, 2.75) is 32.5 Å². The number of aromatic nitrogens is 5. The molecule has 2 heterocycles. The molecule has 0 aliphatic rings. The minimum Gasteiger partial charge on any atom is -0.380 e. The summed E-state index contributed by atoms with van der Waals surface area (Å²) in [4.78, 5) is 0. The molecule has 6 nitrogen and oxygen atoms in total. The van der Waals surface area contributed by atoms with Crippen LogP contribution in [0, 0.1) is 0 Å². The Morgan fingerprint density at radius 1 is 1.14 bits per heavy atom. The maximum absolute atomic E-state index is 10.5. The fraction of sp³-hybridized carbons (Fsp3) is 0.312. The second-order valence-electron chi connectivity index (χ2n) is 5.51. The first-order chi connectivity index (χ1) is 10.6. The lowest BCUT2D eigenvalue weighted by atomic mass is 10.1. The molecule has 2 aromatic heterocycles. The Balaban J connectivity index is 1.82. The summed E-state index contributed by atoms with van der Waals surface area (Å²) in [6, 6.07) is 11.7. The molecule has 0 bridgehead atoms. The Hall–Kier alpha value is -2.47. The van der Waals surface area contributed by atoms with E-state index < -0.39 is 6.10 Å². The van der Waals surface area contributed by atoms with Crippen LogP contribution in [0.2, 0.25) is 0 Å². The standard InChI is InChI=1S/C16H19N5O/c1-12(2)21-9-8-14(19-21)10-20-11-17-18-16(20)15(22)13-6-4-3-5-7-13/h3-9,11-12,15,22H,10H2,1-2H3/t15-/m1/s1. The average molecular weight is 297 g/mol. The van der Waals surface area contributed by atoms with E-state index in [1.54, 1.807) is 6.33 Å². The molecular weight excluding hydrogens is 278 g/mol. The number of nitrogens with zero attached hydrogens (tertiary/aromatic N) is 5. The van der Waals surface area contributed by atoms with Crippen molar-refractivity contribution in [1.82, 2.24) is 24.5 Å². The Morgan fingerprint density at radius 2 is 1.91 bits per heavy atom. The Morgan fingerprint density at radius 3 is 2.59 bits per heavy atom. The molecule has 0 amide bonds. The van der Waals surface area contributed by atoms with Crippen LogP contribution in [0.5, 0.6) is 0 Å². The number of hydrogen-bond donors (Lipinski definition) is 1. The molecule has 0 saturated carbocycles. The van der Waals surface area contributed by atoms with E-state index in [1.807, 2.05) is 51.8 Å². The average Bonchev–Trinajstić information content (AvgIpc) is 3.17. The predicted molar refractivity (Wildman–Crippen MR) is 82.2 cm³/mol. The Bertz CT molecular complexity index is 732. The SMILES string of the molecule is CC(C)n1ccc(Cn2cnnc2[C@H](O)c2ccccc2)n1. The van der Waals surface area contributed by atoms with Gasteiger partial charge in [0.1, 0.15) is 12.4 Å². The highest BCUT2D eigenvalue weighted by Crippen LogP contribution is 2.20. The van der Waals surface area contributed by atoms with E-state index in [0.29, 0.717) is 18.4 Å². The zero-order valence-corrected chi connectivity index (χ0v) is 12.7. The van der Waals surface area contributed by atoms with Gasteiger partial charge in [0.25, 0.3) is 0 Å². The van der Waals surface area contributed by atoms with Crippen LogP contribution in [0.3, 0.4) is 0 Å². The summed E-state index contributed by atoms with van der Waals surface area (Å²) in [5.74, 6) is 0.519. The van der Waals surface area contributed by atoms with E-state index >= 15 is 0 Å². The predicted octanol–water partition coefficient (Wildman–Crippen LogP) is 2.19. The molecule has 0 fully saturated rings. The van der Waals surface area contributed by atoms with Crippen molar-refractivity contribution in [2.75, 3.05) is 0 Å². The third kappa shape index (κ3) is 2.92. The lowest BCUT2D eigenvalue weighted by molar-refractivity contribution is 0.204. The third-order valence-corrected chi connectivity index (χ3v) is 3.53. The number of rotatable bonds is 5. The van der Waals surface area contributed by atoms with Crippen molar-refractivity contribution in [3.05, 3.63) is 66.0 Å². The highest BCUT2D eigenvalue weighted by molar-refractivity contribution is 5.22. The summed E-state index contributed by atoms with van der Waals surface area (Å²) in [6.07, 6.45) is 2.78. The van der Waals surface area contributed by atoms with Crippen LogP contribution < -0.4 is 0 Å². The first kappa shape index (κ1) is 14.5. The van der Waals surface area contributed by atoms with Gasteiger partial charge in [-0.25, -0.2) is 0 Å². The fourth-order valence-corrected chi connectivity index (χ4v) is 2.31. The summed E-state index contributed by atoms with van der Waals surface area (Å²) in [5.41, 5.74) is 1.71. The van der Waals surface area contributed by atoms with E-state index in [4.69, 9.17) is 0 Å². The van der Waals surface area contributed by atoms with Gasteiger partial charge in [0.05, 0.1) is 12.2 Å². The van der Waals surface area contributed by atoms with E-state index in [1.165, 1.54) is 0 Å². The van der Waals surface area contributed by atoms with Crippen molar-refractivity contribution in [2.24, 2.45) is 0 Å². The molecule has 1 aromatic carbocycles. The highest BCUT2D eigenvalue weighted by atomic mass is 16.3. The minimum atomic E-state index is -0.795. The summed E-state index contributed by atoms with van der Waals surface area (Å²) in [6.45, 7) is 4.70. The van der Waals surface area contributed by atoms with Crippen LogP contribution in [0.4, 0.5) is 0 Å². The smallest absolute Gasteiger partial charge is 0.166 e. The maximum atomic E-state index is 10.5. The molecule has 0 saturated heterocycles. The van der Waals surface area contributed by atoms with Crippen LogP contribution in [0.15, 0.2) is 48.9 Å². The van der Waals surface area contributed by atoms with Gasteiger partial charge in [-0.2, -0.15) is 5.10 Å². The number of aliphatic hydroxyl groups is 1. The molecule has 22 heavy (non-hydrogen) atoms. The van der Waals surface area contributed by atoms with Gasteiger partial charge < -0.3 is 9.67 Å². The van der Waals surface area contributed by atoms with E-state index in [9.17, 15) is 5.11 Å². The lowest BCUT2D eigenvalue weighted by Gasteiger charge is -2.11. The molecular formula is C16H19N5O. The van der Waals surface area contributed by atoms with Gasteiger partial charge in [0.15, 0.2) is 5.82 Å². The van der Waals surface area contributed by atoms with E-state index in [-0.39, 0.29) is 0 Å². The van der Waals surface area contributed by atoms with Crippen molar-refractivity contribution in [3.8, 4) is 0 Å². The second kappa shape index (κ2) is 6.11. The summed E-state index contributed by atoms with van der Waals surface area (Å²) < 4.78 is 3.73. The molecule has 0 spiro atoms. The summed E-state index contributed by atoms with van der Waals surface area (Å²) in [7, 11) is 0. The van der Waals surface area contributed by atoms with Crippen molar-refractivity contribution in [3.63, 3.8) is 0 Å². The van der Waals surface area contributed by atoms with Crippen LogP contribution in [0.25, 0.3) is 0 Å². The zero-order chi connectivity index (χ0) is 15.5. The van der Waals surface area contributed by atoms with Gasteiger partial charge in [-0.3, -0.25) is 4.68 Å². The largest absolute Gasteiger partial charge is 0.380 e. The molecule has 0 aliphatic heterocycles. The van der Waals surface area contributed by atoms with Crippen LogP contribution in [0.1, 0.15) is 43.1 Å².